The Morgan fingerprint density at radius 3 is 1.90 bits per heavy atom. The third kappa shape index (κ3) is 9.17. The highest BCUT2D eigenvalue weighted by atomic mass is 35.5. The molecule has 1 fully saturated rings. The van der Waals surface area contributed by atoms with Gasteiger partial charge in [-0.1, -0.05) is 23.2 Å². The average Bonchev–Trinajstić information content (AvgIpc) is 3.73. The van der Waals surface area contributed by atoms with Gasteiger partial charge in [-0.15, -0.1) is 35.1 Å². The summed E-state index contributed by atoms with van der Waals surface area (Å²) in [4.78, 5) is 10.5. The van der Waals surface area contributed by atoms with E-state index in [-0.39, 0.29) is 32.0 Å². The molecule has 0 saturated carbocycles. The van der Waals surface area contributed by atoms with Crippen LogP contribution in [0.25, 0.3) is 20.2 Å². The van der Waals surface area contributed by atoms with Crippen LogP contribution >= 0.6 is 58.3 Å². The number of benzene rings is 2. The number of hydrogen-bond donors (Lipinski definition) is 3. The predicted molar refractivity (Wildman–Crippen MR) is 201 cm³/mol. The second kappa shape index (κ2) is 15.9. The molecule has 52 heavy (non-hydrogen) atoms. The minimum absolute atomic E-state index is 0. The van der Waals surface area contributed by atoms with Gasteiger partial charge in [0.25, 0.3) is 20.0 Å². The van der Waals surface area contributed by atoms with E-state index < -0.39 is 43.3 Å². The van der Waals surface area contributed by atoms with Crippen LogP contribution in [0, 0.1) is 5.82 Å². The van der Waals surface area contributed by atoms with E-state index >= 15 is 0 Å². The van der Waals surface area contributed by atoms with E-state index in [0.717, 1.165) is 53.4 Å². The summed E-state index contributed by atoms with van der Waals surface area (Å²) in [6.07, 6.45) is -1.68. The first-order chi connectivity index (χ1) is 24.1. The van der Waals surface area contributed by atoms with Crippen LogP contribution in [0.3, 0.4) is 0 Å². The zero-order valence-corrected chi connectivity index (χ0v) is 31.7. The number of halogens is 7. The van der Waals surface area contributed by atoms with E-state index in [9.17, 15) is 34.4 Å². The average molecular weight is 856 g/mol. The van der Waals surface area contributed by atoms with Crippen molar-refractivity contribution < 1.29 is 34.4 Å². The van der Waals surface area contributed by atoms with Crippen molar-refractivity contribution in [2.75, 3.05) is 40.5 Å². The summed E-state index contributed by atoms with van der Waals surface area (Å²) in [5.74, 6) is -0.371. The number of fused-ring (bicyclic) bond motifs is 2. The van der Waals surface area contributed by atoms with E-state index in [4.69, 9.17) is 23.2 Å². The Labute approximate surface area is 319 Å². The fourth-order valence-electron chi connectivity index (χ4n) is 4.97. The molecule has 0 unspecified atom stereocenters. The Balaban J connectivity index is 0.000000197. The maximum Gasteiger partial charge on any atom is 0.416 e. The lowest BCUT2D eigenvalue weighted by atomic mass is 10.2. The van der Waals surface area contributed by atoms with Crippen molar-refractivity contribution in [3.8, 4) is 0 Å². The van der Waals surface area contributed by atoms with Gasteiger partial charge in [0.2, 0.25) is 0 Å². The first-order valence-corrected chi connectivity index (χ1v) is 20.0. The number of pyridine rings is 2. The lowest BCUT2D eigenvalue weighted by Gasteiger charge is -2.28. The predicted octanol–water partition coefficient (Wildman–Crippen LogP) is 8.49. The molecular formula is C31H25Cl3F4N6O4S4. The zero-order valence-electron chi connectivity index (χ0n) is 26.1. The molecule has 0 atom stereocenters. The van der Waals surface area contributed by atoms with Crippen molar-refractivity contribution in [2.24, 2.45) is 0 Å². The molecule has 6 aromatic rings. The standard InChI is InChI=1S/C17H17ClN4O2S2.C14H7ClF4N2O2S2.ClH/c18-12-1-3-13(4-2-12)21-26(23,24)16-11-14-15(25-16)5-6-20-17(14)22-9-7-19-8-10-22;15-13-10-6-12(24-11(10)1-2-20-13)25(22,23)21-9-4-7(14(17,18)19)3-8(16)5-9;/h1-6,11,19,21H,7-10H2;1-6,21H;1H. The van der Waals surface area contributed by atoms with Crippen molar-refractivity contribution in [3.63, 3.8) is 0 Å². The van der Waals surface area contributed by atoms with Gasteiger partial charge >= 0.3 is 6.18 Å². The maximum absolute atomic E-state index is 13.4. The van der Waals surface area contributed by atoms with Gasteiger partial charge in [0, 0.05) is 69.5 Å². The molecule has 0 radical (unpaired) electrons. The van der Waals surface area contributed by atoms with Gasteiger partial charge in [0.05, 0.1) is 11.3 Å². The number of piperazine rings is 1. The van der Waals surface area contributed by atoms with Crippen molar-refractivity contribution in [2.45, 2.75) is 14.6 Å². The number of nitrogens with zero attached hydrogens (tertiary/aromatic N) is 3. The van der Waals surface area contributed by atoms with Crippen LogP contribution in [0.4, 0.5) is 34.8 Å². The van der Waals surface area contributed by atoms with Gasteiger partial charge < -0.3 is 10.2 Å². The van der Waals surface area contributed by atoms with Crippen molar-refractivity contribution in [1.82, 2.24) is 15.3 Å². The summed E-state index contributed by atoms with van der Waals surface area (Å²) in [5, 5.41) is 5.23. The van der Waals surface area contributed by atoms with Gasteiger partial charge in [-0.25, -0.2) is 31.2 Å². The highest BCUT2D eigenvalue weighted by Gasteiger charge is 2.32. The Kier molecular flexibility index (Phi) is 12.1. The molecule has 7 rings (SSSR count). The van der Waals surface area contributed by atoms with Crippen LogP contribution in [0.15, 0.2) is 87.5 Å². The van der Waals surface area contributed by atoms with Crippen molar-refractivity contribution in [3.05, 3.63) is 101 Å². The van der Waals surface area contributed by atoms with Crippen molar-refractivity contribution >= 4 is 116 Å². The van der Waals surface area contributed by atoms with E-state index in [0.29, 0.717) is 32.9 Å². The summed E-state index contributed by atoms with van der Waals surface area (Å²) < 4.78 is 108. The zero-order chi connectivity index (χ0) is 36.6. The number of nitrogens with one attached hydrogen (secondary N) is 3. The number of rotatable bonds is 7. The lowest BCUT2D eigenvalue weighted by Crippen LogP contribution is -2.43. The molecule has 276 valence electrons. The summed E-state index contributed by atoms with van der Waals surface area (Å²) in [6, 6.07) is 14.4. The fourth-order valence-corrected chi connectivity index (χ4v) is 10.2. The summed E-state index contributed by atoms with van der Waals surface area (Å²) in [6.45, 7) is 3.50. The maximum atomic E-state index is 13.4. The van der Waals surface area contributed by atoms with E-state index in [1.165, 1.54) is 23.6 Å². The molecule has 0 bridgehead atoms. The molecule has 1 aliphatic heterocycles. The smallest absolute Gasteiger partial charge is 0.354 e. The van der Waals surface area contributed by atoms with Gasteiger partial charge in [0.1, 0.15) is 25.2 Å². The highest BCUT2D eigenvalue weighted by molar-refractivity contribution is 7.95. The lowest BCUT2D eigenvalue weighted by molar-refractivity contribution is -0.137. The molecule has 0 spiro atoms. The number of sulfonamides is 2. The third-order valence-electron chi connectivity index (χ3n) is 7.30. The van der Waals surface area contributed by atoms with E-state index in [1.54, 1.807) is 42.6 Å². The Bertz CT molecular complexity index is 2440. The molecule has 1 saturated heterocycles. The molecular weight excluding hydrogens is 831 g/mol. The van der Waals surface area contributed by atoms with Crippen LogP contribution in [-0.2, 0) is 26.2 Å². The van der Waals surface area contributed by atoms with Crippen LogP contribution in [0.5, 0.6) is 0 Å². The first kappa shape index (κ1) is 39.7. The van der Waals surface area contributed by atoms with E-state index in [2.05, 4.69) is 24.9 Å². The molecule has 2 aromatic carbocycles. The second-order valence-corrected chi connectivity index (χ2v) is 17.7. The van der Waals surface area contributed by atoms with Crippen LogP contribution in [-0.4, -0.2) is 53.0 Å². The third-order valence-corrected chi connectivity index (χ3v) is 13.8. The van der Waals surface area contributed by atoms with Crippen LogP contribution in [0.1, 0.15) is 5.56 Å². The number of thiophene rings is 2. The van der Waals surface area contributed by atoms with Crippen molar-refractivity contribution in [1.29, 1.82) is 0 Å². The van der Waals surface area contributed by atoms with Crippen LogP contribution in [0.2, 0.25) is 10.2 Å². The van der Waals surface area contributed by atoms with Gasteiger partial charge in [-0.3, -0.25) is 9.44 Å². The normalized spacial score (nSPS) is 13.7. The Morgan fingerprint density at radius 2 is 1.31 bits per heavy atom. The largest absolute Gasteiger partial charge is 0.416 e. The highest BCUT2D eigenvalue weighted by Crippen LogP contribution is 2.37. The SMILES string of the molecule is Cl.O=S(=O)(Nc1cc(F)cc(C(F)(F)F)c1)c1cc2c(Cl)nccc2s1.O=S(=O)(Nc1ccc(Cl)cc1)c1cc2c(N3CCNCC3)nccc2s1. The quantitative estimate of drug-likeness (QED) is 0.108. The molecule has 5 heterocycles. The second-order valence-electron chi connectivity index (χ2n) is 10.9. The number of aromatic nitrogens is 2. The summed E-state index contributed by atoms with van der Waals surface area (Å²) in [5.41, 5.74) is -1.35. The minimum Gasteiger partial charge on any atom is -0.354 e. The Morgan fingerprint density at radius 1 is 0.750 bits per heavy atom. The van der Waals surface area contributed by atoms with E-state index in [1.807, 2.05) is 10.8 Å². The number of anilines is 3. The molecule has 0 amide bonds. The number of hydrogen-bond acceptors (Lipinski definition) is 10. The summed E-state index contributed by atoms with van der Waals surface area (Å²) in [7, 11) is -7.89. The van der Waals surface area contributed by atoms with Gasteiger partial charge in [-0.05, 0) is 66.7 Å². The van der Waals surface area contributed by atoms with Crippen LogP contribution < -0.4 is 19.7 Å². The van der Waals surface area contributed by atoms with Gasteiger partial charge in [0.15, 0.2) is 0 Å². The molecule has 1 aliphatic rings. The first-order valence-electron chi connectivity index (χ1n) is 14.7. The minimum atomic E-state index is -4.81. The topological polar surface area (TPSA) is 133 Å². The fraction of sp³-hybridized carbons (Fsp3) is 0.161. The van der Waals surface area contributed by atoms with Gasteiger partial charge in [-0.2, -0.15) is 13.2 Å². The molecule has 10 nitrogen and oxygen atoms in total. The molecule has 21 heteroatoms. The molecule has 3 N–H and O–H groups in total. The Hall–Kier alpha value is -3.49. The monoisotopic (exact) mass is 854 g/mol. The molecule has 4 aromatic heterocycles. The molecule has 0 aliphatic carbocycles. The number of alkyl halides is 3. The summed E-state index contributed by atoms with van der Waals surface area (Å²) >= 11 is 13.8.